The lowest BCUT2D eigenvalue weighted by Gasteiger charge is -2.16. The van der Waals surface area contributed by atoms with Gasteiger partial charge in [0.15, 0.2) is 0 Å². The molecule has 3 fully saturated rings. The summed E-state index contributed by atoms with van der Waals surface area (Å²) in [5, 5.41) is 6.93. The lowest BCUT2D eigenvalue weighted by Crippen LogP contribution is -2.18. The van der Waals surface area contributed by atoms with E-state index in [1.807, 2.05) is 0 Å². The van der Waals surface area contributed by atoms with Crippen LogP contribution in [-0.4, -0.2) is 23.1 Å². The molecule has 0 radical (unpaired) electrons. The van der Waals surface area contributed by atoms with E-state index in [-0.39, 0.29) is 0 Å². The molecule has 3 aliphatic carbocycles. The lowest BCUT2D eigenvalue weighted by molar-refractivity contribution is 0.466. The van der Waals surface area contributed by atoms with E-state index in [1.165, 1.54) is 38.5 Å². The number of nitrogens with zero attached hydrogens (tertiary/aromatic N) is 2. The van der Waals surface area contributed by atoms with Gasteiger partial charge < -0.3 is 10.6 Å². The smallest absolute Gasteiger partial charge is 0.136 e. The molecular weight excluding hydrogens is 248 g/mol. The van der Waals surface area contributed by atoms with E-state index < -0.39 is 0 Å². The topological polar surface area (TPSA) is 49.8 Å². The second-order valence-corrected chi connectivity index (χ2v) is 6.79. The van der Waals surface area contributed by atoms with Crippen LogP contribution in [0.4, 0.5) is 11.6 Å². The fourth-order valence-corrected chi connectivity index (χ4v) is 3.20. The zero-order valence-corrected chi connectivity index (χ0v) is 12.3. The summed E-state index contributed by atoms with van der Waals surface area (Å²) in [6, 6.07) is 2.07. The lowest BCUT2D eigenvalue weighted by atomic mass is 10.0. The molecule has 4 heteroatoms. The van der Waals surface area contributed by atoms with Crippen LogP contribution >= 0.6 is 0 Å². The number of hydrogen-bond acceptors (Lipinski definition) is 4. The molecule has 0 aromatic carbocycles. The van der Waals surface area contributed by atoms with Crippen molar-refractivity contribution in [2.75, 3.05) is 23.7 Å². The minimum absolute atomic E-state index is 0.604. The molecule has 3 saturated carbocycles. The van der Waals surface area contributed by atoms with Crippen LogP contribution < -0.4 is 10.6 Å². The Morgan fingerprint density at radius 1 is 1.10 bits per heavy atom. The summed E-state index contributed by atoms with van der Waals surface area (Å²) in [4.78, 5) is 9.36. The molecule has 0 spiro atoms. The average molecular weight is 272 g/mol. The molecule has 0 unspecified atom stereocenters. The maximum absolute atomic E-state index is 4.73. The van der Waals surface area contributed by atoms with Gasteiger partial charge in [-0.2, -0.15) is 0 Å². The summed E-state index contributed by atoms with van der Waals surface area (Å²) in [7, 11) is 0. The Kier molecular flexibility index (Phi) is 2.86. The Labute approximate surface area is 120 Å². The number of aromatic nitrogens is 2. The van der Waals surface area contributed by atoms with Gasteiger partial charge in [0.25, 0.3) is 0 Å². The van der Waals surface area contributed by atoms with Crippen LogP contribution in [-0.2, 0) is 0 Å². The first-order valence-corrected chi connectivity index (χ1v) is 8.16. The molecule has 4 rings (SSSR count). The first-order chi connectivity index (χ1) is 9.79. The molecule has 0 saturated heterocycles. The van der Waals surface area contributed by atoms with E-state index in [2.05, 4.69) is 28.6 Å². The Morgan fingerprint density at radius 3 is 2.35 bits per heavy atom. The standard InChI is InChI=1S/C16H24N4/c1-2-17-13-9-14(20-15(19-13)11-3-4-11)18-10-16(7-8-16)12-5-6-12/h9,11-12H,2-8,10H2,1H3,(H2,17,18,19,20). The number of hydrogen-bond donors (Lipinski definition) is 2. The van der Waals surface area contributed by atoms with E-state index in [1.54, 1.807) is 0 Å². The molecule has 1 heterocycles. The SMILES string of the molecule is CCNc1cc(NCC2(C3CC3)CC2)nc(C2CC2)n1. The van der Waals surface area contributed by atoms with Gasteiger partial charge in [-0.05, 0) is 56.8 Å². The fraction of sp³-hybridized carbons (Fsp3) is 0.750. The molecule has 0 atom stereocenters. The van der Waals surface area contributed by atoms with Crippen LogP contribution in [0.25, 0.3) is 0 Å². The Hall–Kier alpha value is -1.32. The Bertz CT molecular complexity index is 501. The third kappa shape index (κ3) is 2.48. The Morgan fingerprint density at radius 2 is 1.80 bits per heavy atom. The van der Waals surface area contributed by atoms with Crippen molar-refractivity contribution in [3.05, 3.63) is 11.9 Å². The summed E-state index contributed by atoms with van der Waals surface area (Å²) in [6.07, 6.45) is 8.21. The first-order valence-electron chi connectivity index (χ1n) is 8.16. The summed E-state index contributed by atoms with van der Waals surface area (Å²) < 4.78 is 0. The van der Waals surface area contributed by atoms with E-state index in [0.717, 1.165) is 36.5 Å². The van der Waals surface area contributed by atoms with Crippen molar-refractivity contribution in [3.63, 3.8) is 0 Å². The van der Waals surface area contributed by atoms with Gasteiger partial charge in [0, 0.05) is 25.1 Å². The van der Waals surface area contributed by atoms with Crippen molar-refractivity contribution in [3.8, 4) is 0 Å². The molecule has 0 bridgehead atoms. The maximum Gasteiger partial charge on any atom is 0.136 e. The first kappa shape index (κ1) is 12.4. The highest BCUT2D eigenvalue weighted by Crippen LogP contribution is 2.61. The molecule has 4 nitrogen and oxygen atoms in total. The second-order valence-electron chi connectivity index (χ2n) is 6.79. The van der Waals surface area contributed by atoms with Gasteiger partial charge in [-0.15, -0.1) is 0 Å². The highest BCUT2D eigenvalue weighted by atomic mass is 15.1. The van der Waals surface area contributed by atoms with Crippen LogP contribution in [0.1, 0.15) is 57.2 Å². The van der Waals surface area contributed by atoms with Gasteiger partial charge in [-0.25, -0.2) is 9.97 Å². The van der Waals surface area contributed by atoms with E-state index in [9.17, 15) is 0 Å². The van der Waals surface area contributed by atoms with Crippen molar-refractivity contribution in [2.45, 2.75) is 51.4 Å². The van der Waals surface area contributed by atoms with E-state index >= 15 is 0 Å². The van der Waals surface area contributed by atoms with Crippen LogP contribution in [0.5, 0.6) is 0 Å². The average Bonchev–Trinajstić information content (AvgIpc) is 3.28. The molecule has 1 aromatic rings. The molecule has 3 aliphatic rings. The van der Waals surface area contributed by atoms with E-state index in [0.29, 0.717) is 11.3 Å². The molecule has 1 aromatic heterocycles. The Balaban J connectivity index is 1.48. The van der Waals surface area contributed by atoms with Crippen molar-refractivity contribution in [1.82, 2.24) is 9.97 Å². The van der Waals surface area contributed by atoms with Crippen molar-refractivity contribution >= 4 is 11.6 Å². The van der Waals surface area contributed by atoms with Crippen LogP contribution in [0.2, 0.25) is 0 Å². The minimum atomic E-state index is 0.604. The number of anilines is 2. The molecule has 0 aliphatic heterocycles. The van der Waals surface area contributed by atoms with Crippen molar-refractivity contribution in [2.24, 2.45) is 11.3 Å². The molecule has 20 heavy (non-hydrogen) atoms. The summed E-state index contributed by atoms with van der Waals surface area (Å²) >= 11 is 0. The van der Waals surface area contributed by atoms with Gasteiger partial charge in [0.05, 0.1) is 0 Å². The quantitative estimate of drug-likeness (QED) is 0.799. The highest BCUT2D eigenvalue weighted by Gasteiger charge is 2.53. The monoisotopic (exact) mass is 272 g/mol. The van der Waals surface area contributed by atoms with Gasteiger partial charge in [0.1, 0.15) is 17.5 Å². The van der Waals surface area contributed by atoms with Crippen LogP contribution in [0.15, 0.2) is 6.07 Å². The minimum Gasteiger partial charge on any atom is -0.370 e. The molecule has 2 N–H and O–H groups in total. The van der Waals surface area contributed by atoms with Crippen molar-refractivity contribution < 1.29 is 0 Å². The third-order valence-corrected chi connectivity index (χ3v) is 5.00. The number of nitrogens with one attached hydrogen (secondary N) is 2. The zero-order chi connectivity index (χ0) is 13.6. The predicted molar refractivity (Wildman–Crippen MR) is 81.1 cm³/mol. The number of rotatable bonds is 7. The predicted octanol–water partition coefficient (Wildman–Crippen LogP) is 3.39. The largest absolute Gasteiger partial charge is 0.370 e. The third-order valence-electron chi connectivity index (χ3n) is 5.00. The molecular formula is C16H24N4. The van der Waals surface area contributed by atoms with Gasteiger partial charge >= 0.3 is 0 Å². The van der Waals surface area contributed by atoms with Crippen LogP contribution in [0.3, 0.4) is 0 Å². The fourth-order valence-electron chi connectivity index (χ4n) is 3.20. The van der Waals surface area contributed by atoms with Gasteiger partial charge in [-0.1, -0.05) is 0 Å². The molecule has 0 amide bonds. The normalized spacial score (nSPS) is 23.4. The summed E-state index contributed by atoms with van der Waals surface area (Å²) in [5.41, 5.74) is 0.614. The zero-order valence-electron chi connectivity index (χ0n) is 12.3. The van der Waals surface area contributed by atoms with Gasteiger partial charge in [-0.3, -0.25) is 0 Å². The van der Waals surface area contributed by atoms with Crippen LogP contribution in [0, 0.1) is 11.3 Å². The maximum atomic E-state index is 4.73. The van der Waals surface area contributed by atoms with E-state index in [4.69, 9.17) is 4.98 Å². The second kappa shape index (κ2) is 4.61. The van der Waals surface area contributed by atoms with Crippen molar-refractivity contribution in [1.29, 1.82) is 0 Å². The summed E-state index contributed by atoms with van der Waals surface area (Å²) in [5.74, 6) is 4.62. The highest BCUT2D eigenvalue weighted by molar-refractivity contribution is 5.48. The van der Waals surface area contributed by atoms with Gasteiger partial charge in [0.2, 0.25) is 0 Å². The summed E-state index contributed by atoms with van der Waals surface area (Å²) in [6.45, 7) is 4.12. The molecule has 108 valence electrons.